The highest BCUT2D eigenvalue weighted by Crippen LogP contribution is 2.38. The number of hydrogen-bond acceptors (Lipinski definition) is 3. The van der Waals surface area contributed by atoms with Gasteiger partial charge in [-0.15, -0.1) is 0 Å². The summed E-state index contributed by atoms with van der Waals surface area (Å²) in [4.78, 5) is 4.18. The van der Waals surface area contributed by atoms with E-state index in [1.54, 1.807) is 6.07 Å². The van der Waals surface area contributed by atoms with Gasteiger partial charge in [0.05, 0.1) is 22.3 Å². The van der Waals surface area contributed by atoms with Crippen LogP contribution in [0, 0.1) is 20.8 Å². The molecule has 0 spiro atoms. The van der Waals surface area contributed by atoms with Crippen LogP contribution in [0.25, 0.3) is 22.4 Å². The van der Waals surface area contributed by atoms with Crippen molar-refractivity contribution < 1.29 is 17.7 Å². The van der Waals surface area contributed by atoms with E-state index >= 15 is 0 Å². The molecule has 6 heteroatoms. The van der Waals surface area contributed by atoms with Gasteiger partial charge in [0.1, 0.15) is 0 Å². The fourth-order valence-electron chi connectivity index (χ4n) is 2.37. The van der Waals surface area contributed by atoms with Gasteiger partial charge in [0.2, 0.25) is 0 Å². The first kappa shape index (κ1) is 14.6. The summed E-state index contributed by atoms with van der Waals surface area (Å²) in [6, 6.07) is 6.47. The van der Waals surface area contributed by atoms with Crippen molar-refractivity contribution in [1.82, 2.24) is 10.1 Å². The summed E-state index contributed by atoms with van der Waals surface area (Å²) in [6.07, 6.45) is -4.49. The number of benzene rings is 1. The van der Waals surface area contributed by atoms with Gasteiger partial charge >= 0.3 is 6.18 Å². The monoisotopic (exact) mass is 306 g/mol. The van der Waals surface area contributed by atoms with Crippen LogP contribution in [0.15, 0.2) is 28.8 Å². The Morgan fingerprint density at radius 3 is 2.36 bits per heavy atom. The van der Waals surface area contributed by atoms with Crippen LogP contribution in [-0.4, -0.2) is 10.1 Å². The molecule has 0 fully saturated rings. The minimum absolute atomic E-state index is 0.0833. The van der Waals surface area contributed by atoms with Crippen LogP contribution in [0.1, 0.15) is 22.4 Å². The number of rotatable bonds is 1. The number of halogens is 3. The molecule has 0 saturated heterocycles. The van der Waals surface area contributed by atoms with Crippen molar-refractivity contribution in [2.75, 3.05) is 0 Å². The molecule has 0 radical (unpaired) electrons. The molecule has 3 nitrogen and oxygen atoms in total. The zero-order chi connectivity index (χ0) is 16.1. The second kappa shape index (κ2) is 4.83. The highest BCUT2D eigenvalue weighted by atomic mass is 19.4. The Hall–Kier alpha value is -2.37. The van der Waals surface area contributed by atoms with Crippen molar-refractivity contribution in [2.24, 2.45) is 0 Å². The number of alkyl halides is 3. The average Bonchev–Trinajstić information content (AvgIpc) is 2.81. The molecule has 0 atom stereocenters. The Balaban J connectivity index is 2.29. The molecule has 1 aromatic carbocycles. The highest BCUT2D eigenvalue weighted by Gasteiger charge is 2.35. The number of nitrogens with zero attached hydrogens (tertiary/aromatic N) is 2. The Bertz CT molecular complexity index is 866. The van der Waals surface area contributed by atoms with Crippen LogP contribution in [0.2, 0.25) is 0 Å². The first-order valence-corrected chi connectivity index (χ1v) is 6.69. The van der Waals surface area contributed by atoms with E-state index in [2.05, 4.69) is 10.1 Å². The second-order valence-corrected chi connectivity index (χ2v) is 5.30. The summed E-state index contributed by atoms with van der Waals surface area (Å²) < 4.78 is 44.9. The van der Waals surface area contributed by atoms with Gasteiger partial charge in [-0.05, 0) is 44.0 Å². The molecule has 0 unspecified atom stereocenters. The van der Waals surface area contributed by atoms with E-state index < -0.39 is 11.7 Å². The standard InChI is InChI=1S/C16H13F3N2O/c1-8-4-5-11(6-9(8)2)13-7-12(16(17,18)19)14-10(3)21-22-15(14)20-13/h4-7H,1-3H3. The summed E-state index contributed by atoms with van der Waals surface area (Å²) in [5, 5.41) is 3.52. The quantitative estimate of drug-likeness (QED) is 0.646. The van der Waals surface area contributed by atoms with Gasteiger partial charge in [-0.1, -0.05) is 17.3 Å². The van der Waals surface area contributed by atoms with Gasteiger partial charge < -0.3 is 4.52 Å². The SMILES string of the molecule is Cc1ccc(-c2cc(C(F)(F)F)c3c(C)noc3n2)cc1C. The number of aromatic nitrogens is 2. The third-order valence-electron chi connectivity index (χ3n) is 3.73. The largest absolute Gasteiger partial charge is 0.417 e. The predicted molar refractivity (Wildman–Crippen MR) is 76.5 cm³/mol. The van der Waals surface area contributed by atoms with Crippen LogP contribution in [-0.2, 0) is 6.18 Å². The number of pyridine rings is 1. The van der Waals surface area contributed by atoms with Crippen LogP contribution < -0.4 is 0 Å². The molecule has 0 aliphatic rings. The highest BCUT2D eigenvalue weighted by molar-refractivity contribution is 5.83. The van der Waals surface area contributed by atoms with Crippen LogP contribution in [0.5, 0.6) is 0 Å². The van der Waals surface area contributed by atoms with Crippen molar-refractivity contribution in [3.8, 4) is 11.3 Å². The van der Waals surface area contributed by atoms with E-state index in [0.717, 1.165) is 17.2 Å². The minimum atomic E-state index is -4.49. The average molecular weight is 306 g/mol. The fraction of sp³-hybridized carbons (Fsp3) is 0.250. The molecule has 0 amide bonds. The fourth-order valence-corrected chi connectivity index (χ4v) is 2.37. The van der Waals surface area contributed by atoms with E-state index in [1.807, 2.05) is 26.0 Å². The maximum Gasteiger partial charge on any atom is 0.417 e. The number of fused-ring (bicyclic) bond motifs is 1. The minimum Gasteiger partial charge on any atom is -0.336 e. The molecule has 114 valence electrons. The third-order valence-corrected chi connectivity index (χ3v) is 3.73. The first-order chi connectivity index (χ1) is 10.3. The maximum atomic E-state index is 13.3. The topological polar surface area (TPSA) is 38.9 Å². The predicted octanol–water partition coefficient (Wildman–Crippen LogP) is 4.83. The molecule has 0 saturated carbocycles. The Morgan fingerprint density at radius 2 is 1.73 bits per heavy atom. The lowest BCUT2D eigenvalue weighted by Crippen LogP contribution is -2.07. The van der Waals surface area contributed by atoms with Gasteiger partial charge in [0, 0.05) is 5.56 Å². The smallest absolute Gasteiger partial charge is 0.336 e. The molecular weight excluding hydrogens is 293 g/mol. The molecule has 2 aromatic heterocycles. The van der Waals surface area contributed by atoms with Gasteiger partial charge in [0.25, 0.3) is 5.71 Å². The summed E-state index contributed by atoms with van der Waals surface area (Å²) in [5.74, 6) is 0. The van der Waals surface area contributed by atoms with Crippen LogP contribution in [0.3, 0.4) is 0 Å². The molecule has 2 heterocycles. The molecule has 3 rings (SSSR count). The Labute approximate surface area is 124 Å². The van der Waals surface area contributed by atoms with Gasteiger partial charge in [-0.3, -0.25) is 0 Å². The molecule has 22 heavy (non-hydrogen) atoms. The van der Waals surface area contributed by atoms with E-state index in [0.29, 0.717) is 5.56 Å². The lowest BCUT2D eigenvalue weighted by atomic mass is 10.0. The van der Waals surface area contributed by atoms with Crippen molar-refractivity contribution in [3.05, 3.63) is 46.6 Å². The molecular formula is C16H13F3N2O. The summed E-state index contributed by atoms with van der Waals surface area (Å²) in [6.45, 7) is 5.32. The van der Waals surface area contributed by atoms with Gasteiger partial charge in [0.15, 0.2) is 0 Å². The van der Waals surface area contributed by atoms with Gasteiger partial charge in [-0.2, -0.15) is 13.2 Å². The summed E-state index contributed by atoms with van der Waals surface area (Å²) in [5.41, 5.74) is 2.20. The van der Waals surface area contributed by atoms with Crippen LogP contribution in [0.4, 0.5) is 13.2 Å². The lowest BCUT2D eigenvalue weighted by Gasteiger charge is -2.10. The zero-order valence-electron chi connectivity index (χ0n) is 12.2. The van der Waals surface area contributed by atoms with Crippen molar-refractivity contribution in [1.29, 1.82) is 0 Å². The maximum absolute atomic E-state index is 13.3. The molecule has 0 N–H and O–H groups in total. The van der Waals surface area contributed by atoms with E-state index in [4.69, 9.17) is 4.52 Å². The van der Waals surface area contributed by atoms with E-state index in [-0.39, 0.29) is 22.5 Å². The molecule has 0 aliphatic carbocycles. The van der Waals surface area contributed by atoms with E-state index in [1.165, 1.54) is 6.92 Å². The van der Waals surface area contributed by atoms with Crippen molar-refractivity contribution in [3.63, 3.8) is 0 Å². The zero-order valence-corrected chi connectivity index (χ0v) is 12.2. The normalized spacial score (nSPS) is 12.1. The van der Waals surface area contributed by atoms with E-state index in [9.17, 15) is 13.2 Å². The first-order valence-electron chi connectivity index (χ1n) is 6.69. The molecule has 0 aliphatic heterocycles. The second-order valence-electron chi connectivity index (χ2n) is 5.30. The Kier molecular flexibility index (Phi) is 3.20. The van der Waals surface area contributed by atoms with Crippen LogP contribution >= 0.6 is 0 Å². The van der Waals surface area contributed by atoms with Gasteiger partial charge in [-0.25, -0.2) is 4.98 Å². The summed E-state index contributed by atoms with van der Waals surface area (Å²) >= 11 is 0. The molecule has 0 bridgehead atoms. The van der Waals surface area contributed by atoms with Crippen molar-refractivity contribution >= 4 is 11.1 Å². The summed E-state index contributed by atoms with van der Waals surface area (Å²) in [7, 11) is 0. The number of hydrogen-bond donors (Lipinski definition) is 0. The van der Waals surface area contributed by atoms with Crippen molar-refractivity contribution in [2.45, 2.75) is 26.9 Å². The number of aryl methyl sites for hydroxylation is 3. The molecule has 3 aromatic rings. The third kappa shape index (κ3) is 2.34. The lowest BCUT2D eigenvalue weighted by molar-refractivity contribution is -0.136. The Morgan fingerprint density at radius 1 is 1.00 bits per heavy atom.